The van der Waals surface area contributed by atoms with Gasteiger partial charge in [0.1, 0.15) is 0 Å². The maximum absolute atomic E-state index is 13.2. The molecule has 0 saturated carbocycles. The van der Waals surface area contributed by atoms with E-state index < -0.39 is 11.6 Å². The number of hydrogen-bond donors (Lipinski definition) is 1. The number of carbonyl (C=O) groups is 1. The first-order chi connectivity index (χ1) is 9.09. The number of nitrogens with zero attached hydrogens (tertiary/aromatic N) is 1. The van der Waals surface area contributed by atoms with E-state index in [1.807, 2.05) is 0 Å². The number of hydrogen-bond acceptors (Lipinski definition) is 2. The van der Waals surface area contributed by atoms with Gasteiger partial charge in [0, 0.05) is 18.7 Å². The first kappa shape index (κ1) is 16.9. The minimum absolute atomic E-state index is 0. The summed E-state index contributed by atoms with van der Waals surface area (Å²) in [4.78, 5) is 13.9. The highest BCUT2D eigenvalue weighted by Crippen LogP contribution is 2.16. The number of amides is 1. The topological polar surface area (TPSA) is 32.3 Å². The van der Waals surface area contributed by atoms with Gasteiger partial charge < -0.3 is 10.2 Å². The van der Waals surface area contributed by atoms with E-state index in [0.717, 1.165) is 44.5 Å². The molecule has 1 aromatic rings. The van der Waals surface area contributed by atoms with Crippen molar-refractivity contribution < 1.29 is 13.6 Å². The third-order valence-electron chi connectivity index (χ3n) is 3.58. The molecule has 1 saturated heterocycles. The van der Waals surface area contributed by atoms with Gasteiger partial charge in [0.15, 0.2) is 11.6 Å². The van der Waals surface area contributed by atoms with Crippen molar-refractivity contribution >= 4 is 18.3 Å². The predicted octanol–water partition coefficient (Wildman–Crippen LogP) is 2.60. The Labute approximate surface area is 123 Å². The molecule has 0 bridgehead atoms. The second-order valence-corrected chi connectivity index (χ2v) is 4.88. The third kappa shape index (κ3) is 3.90. The van der Waals surface area contributed by atoms with Crippen molar-refractivity contribution in [3.8, 4) is 0 Å². The van der Waals surface area contributed by atoms with Crippen molar-refractivity contribution in [2.75, 3.05) is 20.1 Å². The summed E-state index contributed by atoms with van der Waals surface area (Å²) in [5.41, 5.74) is 0.193. The number of rotatable bonds is 2. The van der Waals surface area contributed by atoms with Crippen LogP contribution in [0, 0.1) is 11.6 Å². The lowest BCUT2D eigenvalue weighted by atomic mass is 10.1. The minimum atomic E-state index is -0.984. The van der Waals surface area contributed by atoms with E-state index in [1.165, 1.54) is 6.07 Å². The Balaban J connectivity index is 0.00000200. The average molecular weight is 305 g/mol. The van der Waals surface area contributed by atoms with Crippen molar-refractivity contribution in [1.82, 2.24) is 10.2 Å². The summed E-state index contributed by atoms with van der Waals surface area (Å²) >= 11 is 0. The highest BCUT2D eigenvalue weighted by Gasteiger charge is 2.22. The van der Waals surface area contributed by atoms with E-state index in [4.69, 9.17) is 0 Å². The summed E-state index contributed by atoms with van der Waals surface area (Å²) in [7, 11) is 1.72. The van der Waals surface area contributed by atoms with Crippen LogP contribution in [0.1, 0.15) is 29.6 Å². The van der Waals surface area contributed by atoms with Gasteiger partial charge in [-0.05, 0) is 50.6 Å². The maximum atomic E-state index is 13.2. The highest BCUT2D eigenvalue weighted by molar-refractivity contribution is 5.94. The van der Waals surface area contributed by atoms with Gasteiger partial charge in [-0.3, -0.25) is 4.79 Å². The fourth-order valence-electron chi connectivity index (χ4n) is 2.39. The van der Waals surface area contributed by atoms with Crippen LogP contribution in [0.5, 0.6) is 0 Å². The van der Waals surface area contributed by atoms with Crippen LogP contribution in [-0.2, 0) is 0 Å². The van der Waals surface area contributed by atoms with Crippen LogP contribution in [0.4, 0.5) is 8.78 Å². The molecule has 3 nitrogen and oxygen atoms in total. The fraction of sp³-hybridized carbons (Fsp3) is 0.500. The number of carbonyl (C=O) groups excluding carboxylic acids is 1. The van der Waals surface area contributed by atoms with Gasteiger partial charge in [-0.2, -0.15) is 0 Å². The smallest absolute Gasteiger partial charge is 0.253 e. The van der Waals surface area contributed by atoms with Crippen LogP contribution in [0.2, 0.25) is 0 Å². The lowest BCUT2D eigenvalue weighted by molar-refractivity contribution is 0.0720. The molecule has 0 aromatic heterocycles. The molecule has 6 heteroatoms. The van der Waals surface area contributed by atoms with E-state index in [1.54, 1.807) is 11.9 Å². The van der Waals surface area contributed by atoms with Crippen LogP contribution < -0.4 is 5.32 Å². The summed E-state index contributed by atoms with van der Waals surface area (Å²) in [6, 6.07) is 3.43. The Morgan fingerprint density at radius 2 is 2.00 bits per heavy atom. The van der Waals surface area contributed by atoms with E-state index >= 15 is 0 Å². The van der Waals surface area contributed by atoms with Gasteiger partial charge >= 0.3 is 0 Å². The lowest BCUT2D eigenvalue weighted by Gasteiger charge is -2.27. The van der Waals surface area contributed by atoms with Crippen molar-refractivity contribution in [3.63, 3.8) is 0 Å². The number of benzene rings is 1. The largest absolute Gasteiger partial charge is 0.339 e. The zero-order valence-electron chi connectivity index (χ0n) is 11.4. The molecular weight excluding hydrogens is 286 g/mol. The van der Waals surface area contributed by atoms with Gasteiger partial charge in [-0.1, -0.05) is 0 Å². The zero-order chi connectivity index (χ0) is 13.8. The van der Waals surface area contributed by atoms with Gasteiger partial charge in [-0.15, -0.1) is 12.4 Å². The Kier molecular flexibility index (Phi) is 6.36. The maximum Gasteiger partial charge on any atom is 0.253 e. The molecule has 0 radical (unpaired) electrons. The van der Waals surface area contributed by atoms with Crippen molar-refractivity contribution in [1.29, 1.82) is 0 Å². The molecule has 1 fully saturated rings. The van der Waals surface area contributed by atoms with Crippen molar-refractivity contribution in [3.05, 3.63) is 35.4 Å². The SMILES string of the molecule is CN(C(=O)c1ccc(F)c(F)c1)C1CCCNCC1.Cl. The van der Waals surface area contributed by atoms with Crippen molar-refractivity contribution in [2.45, 2.75) is 25.3 Å². The summed E-state index contributed by atoms with van der Waals surface area (Å²) in [6.07, 6.45) is 2.82. The Bertz CT molecular complexity index is 462. The molecule has 1 aliphatic rings. The number of nitrogens with one attached hydrogen (secondary N) is 1. The summed E-state index contributed by atoms with van der Waals surface area (Å²) in [6.45, 7) is 1.84. The van der Waals surface area contributed by atoms with Crippen LogP contribution in [0.25, 0.3) is 0 Å². The molecule has 20 heavy (non-hydrogen) atoms. The molecular formula is C14H19ClF2N2O. The van der Waals surface area contributed by atoms with E-state index in [0.29, 0.717) is 0 Å². The first-order valence-corrected chi connectivity index (χ1v) is 6.52. The fourth-order valence-corrected chi connectivity index (χ4v) is 2.39. The van der Waals surface area contributed by atoms with Crippen molar-refractivity contribution in [2.24, 2.45) is 0 Å². The summed E-state index contributed by atoms with van der Waals surface area (Å²) in [5.74, 6) is -2.18. The van der Waals surface area contributed by atoms with Crippen LogP contribution in [0.3, 0.4) is 0 Å². The molecule has 1 atom stereocenters. The average Bonchev–Trinajstić information content (AvgIpc) is 2.69. The molecule has 1 aromatic carbocycles. The normalized spacial score (nSPS) is 18.9. The molecule has 112 valence electrons. The van der Waals surface area contributed by atoms with E-state index in [2.05, 4.69) is 5.32 Å². The highest BCUT2D eigenvalue weighted by atomic mass is 35.5. The quantitative estimate of drug-likeness (QED) is 0.911. The van der Waals surface area contributed by atoms with Crippen LogP contribution in [0.15, 0.2) is 18.2 Å². The van der Waals surface area contributed by atoms with Gasteiger partial charge in [-0.25, -0.2) is 8.78 Å². The van der Waals surface area contributed by atoms with Crippen LogP contribution >= 0.6 is 12.4 Å². The zero-order valence-corrected chi connectivity index (χ0v) is 12.2. The molecule has 0 aliphatic carbocycles. The summed E-state index contributed by atoms with van der Waals surface area (Å²) in [5, 5.41) is 3.28. The van der Waals surface area contributed by atoms with Gasteiger partial charge in [0.2, 0.25) is 0 Å². The Morgan fingerprint density at radius 1 is 1.25 bits per heavy atom. The minimum Gasteiger partial charge on any atom is -0.339 e. The molecule has 2 rings (SSSR count). The molecule has 1 N–H and O–H groups in total. The number of halogens is 3. The molecule has 1 amide bonds. The Morgan fingerprint density at radius 3 is 2.70 bits per heavy atom. The van der Waals surface area contributed by atoms with E-state index in [-0.39, 0.29) is 29.9 Å². The second kappa shape index (κ2) is 7.55. The van der Waals surface area contributed by atoms with Gasteiger partial charge in [0.05, 0.1) is 0 Å². The Hall–Kier alpha value is -1.20. The molecule has 1 unspecified atom stereocenters. The first-order valence-electron chi connectivity index (χ1n) is 6.52. The molecule has 1 aliphatic heterocycles. The van der Waals surface area contributed by atoms with E-state index in [9.17, 15) is 13.6 Å². The third-order valence-corrected chi connectivity index (χ3v) is 3.58. The predicted molar refractivity (Wildman–Crippen MR) is 76.2 cm³/mol. The monoisotopic (exact) mass is 304 g/mol. The lowest BCUT2D eigenvalue weighted by Crippen LogP contribution is -2.37. The second-order valence-electron chi connectivity index (χ2n) is 4.88. The van der Waals surface area contributed by atoms with Crippen LogP contribution in [-0.4, -0.2) is 37.0 Å². The molecule has 1 heterocycles. The van der Waals surface area contributed by atoms with Gasteiger partial charge in [0.25, 0.3) is 5.91 Å². The standard InChI is InChI=1S/C14H18F2N2O.ClH/c1-18(11-3-2-7-17-8-6-11)14(19)10-4-5-12(15)13(16)9-10;/h4-5,9,11,17H,2-3,6-8H2,1H3;1H. The summed E-state index contributed by atoms with van der Waals surface area (Å²) < 4.78 is 26.0. The molecule has 0 spiro atoms.